The van der Waals surface area contributed by atoms with Crippen LogP contribution in [0.1, 0.15) is 13.8 Å². The molecule has 3 nitrogen and oxygen atoms in total. The van der Waals surface area contributed by atoms with Crippen molar-refractivity contribution in [1.82, 2.24) is 0 Å². The summed E-state index contributed by atoms with van der Waals surface area (Å²) in [7, 11) is -0.717. The summed E-state index contributed by atoms with van der Waals surface area (Å²) in [5, 5.41) is 0. The van der Waals surface area contributed by atoms with Gasteiger partial charge in [0.2, 0.25) is 0 Å². The second-order valence-electron chi connectivity index (χ2n) is 2.80. The predicted octanol–water partition coefficient (Wildman–Crippen LogP) is 2.12. The maximum absolute atomic E-state index is 11.8. The van der Waals surface area contributed by atoms with Gasteiger partial charge in [-0.1, -0.05) is 19.9 Å². The van der Waals surface area contributed by atoms with Crippen molar-refractivity contribution in [3.05, 3.63) is 12.2 Å². The number of methoxy groups -OCH3 is 1. The van der Waals surface area contributed by atoms with Crippen LogP contribution in [0.25, 0.3) is 0 Å². The minimum Gasteiger partial charge on any atom is -0.466 e. The van der Waals surface area contributed by atoms with Crippen LogP contribution in [0.2, 0.25) is 0 Å². The van der Waals surface area contributed by atoms with Crippen LogP contribution in [0.3, 0.4) is 0 Å². The first kappa shape index (κ1) is 12.4. The molecule has 13 heavy (non-hydrogen) atoms. The molecule has 0 aliphatic carbocycles. The van der Waals surface area contributed by atoms with E-state index in [1.54, 1.807) is 6.08 Å². The van der Waals surface area contributed by atoms with Gasteiger partial charge in [0.15, 0.2) is 0 Å². The third-order valence-corrected chi connectivity index (χ3v) is 5.23. The van der Waals surface area contributed by atoms with Crippen LogP contribution in [0, 0.1) is 0 Å². The molecule has 0 saturated heterocycles. The van der Waals surface area contributed by atoms with E-state index in [1.807, 2.05) is 13.8 Å². The lowest BCUT2D eigenvalue weighted by Gasteiger charge is -2.10. The minimum atomic E-state index is -2.04. The number of rotatable bonds is 5. The molecular formula is C9H17O3P. The molecule has 0 fully saturated rings. The summed E-state index contributed by atoms with van der Waals surface area (Å²) in [5.74, 6) is -0.390. The molecule has 0 radical (unpaired) electrons. The van der Waals surface area contributed by atoms with Crippen molar-refractivity contribution in [2.24, 2.45) is 0 Å². The number of allylic oxidation sites excluding steroid dienone is 1. The lowest BCUT2D eigenvalue weighted by molar-refractivity contribution is -0.134. The molecule has 0 unspecified atom stereocenters. The van der Waals surface area contributed by atoms with Crippen molar-refractivity contribution in [2.75, 3.05) is 25.6 Å². The Bertz CT molecular complexity index is 225. The average molecular weight is 204 g/mol. The molecule has 0 N–H and O–H groups in total. The summed E-state index contributed by atoms with van der Waals surface area (Å²) in [6.45, 7) is 3.83. The van der Waals surface area contributed by atoms with Gasteiger partial charge in [-0.2, -0.15) is 0 Å². The van der Waals surface area contributed by atoms with Gasteiger partial charge >= 0.3 is 5.97 Å². The Balaban J connectivity index is 4.07. The molecule has 76 valence electrons. The van der Waals surface area contributed by atoms with E-state index < -0.39 is 13.1 Å². The molecule has 0 rings (SSSR count). The molecule has 0 aliphatic heterocycles. The number of ether oxygens (including phenoxy) is 1. The summed E-state index contributed by atoms with van der Waals surface area (Å²) >= 11 is 0. The first-order chi connectivity index (χ1) is 6.08. The summed E-state index contributed by atoms with van der Waals surface area (Å²) in [6.07, 6.45) is 4.84. The number of esters is 1. The van der Waals surface area contributed by atoms with E-state index in [9.17, 15) is 9.36 Å². The summed E-state index contributed by atoms with van der Waals surface area (Å²) in [4.78, 5) is 10.7. The number of carbonyl (C=O) groups excluding carboxylic acids is 1. The van der Waals surface area contributed by atoms with Gasteiger partial charge < -0.3 is 9.30 Å². The molecule has 0 aromatic rings. The number of carbonyl (C=O) groups is 1. The van der Waals surface area contributed by atoms with Crippen LogP contribution in [-0.4, -0.2) is 31.6 Å². The highest BCUT2D eigenvalue weighted by molar-refractivity contribution is 7.64. The molecule has 0 atom stereocenters. The molecule has 4 heteroatoms. The van der Waals surface area contributed by atoms with Gasteiger partial charge in [0.05, 0.1) is 14.3 Å². The van der Waals surface area contributed by atoms with Crippen molar-refractivity contribution >= 4 is 13.1 Å². The van der Waals surface area contributed by atoms with Gasteiger partial charge in [-0.3, -0.25) is 0 Å². The van der Waals surface area contributed by atoms with Crippen LogP contribution >= 0.6 is 7.14 Å². The lowest BCUT2D eigenvalue weighted by Crippen LogP contribution is -1.97. The van der Waals surface area contributed by atoms with E-state index in [2.05, 4.69) is 4.74 Å². The van der Waals surface area contributed by atoms with Gasteiger partial charge in [0.25, 0.3) is 0 Å². The molecule has 0 amide bonds. The Hall–Kier alpha value is -0.560. The molecule has 0 spiro atoms. The number of hydrogen-bond acceptors (Lipinski definition) is 3. The Labute approximate surface area is 79.5 Å². The average Bonchev–Trinajstić information content (AvgIpc) is 2.17. The van der Waals surface area contributed by atoms with Crippen LogP contribution < -0.4 is 0 Å². The first-order valence-corrected chi connectivity index (χ1v) is 6.65. The second-order valence-corrected chi connectivity index (χ2v) is 6.54. The largest absolute Gasteiger partial charge is 0.466 e. The van der Waals surface area contributed by atoms with Crippen LogP contribution in [-0.2, 0) is 14.1 Å². The molecule has 0 aliphatic rings. The van der Waals surface area contributed by atoms with Crippen molar-refractivity contribution < 1.29 is 14.1 Å². The van der Waals surface area contributed by atoms with Crippen molar-refractivity contribution in [3.8, 4) is 0 Å². The van der Waals surface area contributed by atoms with Gasteiger partial charge in [-0.15, -0.1) is 0 Å². The quantitative estimate of drug-likeness (QED) is 0.391. The molecule has 0 saturated carbocycles. The summed E-state index contributed by atoms with van der Waals surface area (Å²) in [5.41, 5.74) is 0. The second kappa shape index (κ2) is 5.98. The van der Waals surface area contributed by atoms with Crippen LogP contribution in [0.4, 0.5) is 0 Å². The van der Waals surface area contributed by atoms with E-state index in [0.717, 1.165) is 0 Å². The van der Waals surface area contributed by atoms with E-state index >= 15 is 0 Å². The van der Waals surface area contributed by atoms with Crippen LogP contribution in [0.15, 0.2) is 12.2 Å². The normalized spacial score (nSPS) is 11.9. The Kier molecular flexibility index (Phi) is 5.72. The fraction of sp³-hybridized carbons (Fsp3) is 0.667. The maximum Gasteiger partial charge on any atom is 0.330 e. The topological polar surface area (TPSA) is 43.4 Å². The van der Waals surface area contributed by atoms with Gasteiger partial charge in [0, 0.05) is 12.2 Å². The maximum atomic E-state index is 11.8. The van der Waals surface area contributed by atoms with E-state index in [4.69, 9.17) is 0 Å². The van der Waals surface area contributed by atoms with Gasteiger partial charge in [-0.25, -0.2) is 4.79 Å². The minimum absolute atomic E-state index is 0.390. The fourth-order valence-electron chi connectivity index (χ4n) is 0.891. The zero-order valence-corrected chi connectivity index (χ0v) is 9.34. The molecule has 0 aromatic heterocycles. The fourth-order valence-corrected chi connectivity index (χ4v) is 2.34. The zero-order valence-electron chi connectivity index (χ0n) is 8.45. The Morgan fingerprint density at radius 2 is 1.92 bits per heavy atom. The third-order valence-electron chi connectivity index (χ3n) is 2.05. The van der Waals surface area contributed by atoms with Crippen molar-refractivity contribution in [1.29, 1.82) is 0 Å². The molecule has 0 aromatic carbocycles. The highest BCUT2D eigenvalue weighted by Gasteiger charge is 2.14. The summed E-state index contributed by atoms with van der Waals surface area (Å²) < 4.78 is 16.2. The lowest BCUT2D eigenvalue weighted by atomic mass is 10.5. The zero-order chi connectivity index (χ0) is 10.3. The van der Waals surface area contributed by atoms with Crippen molar-refractivity contribution in [2.45, 2.75) is 13.8 Å². The van der Waals surface area contributed by atoms with Gasteiger partial charge in [0.1, 0.15) is 0 Å². The Morgan fingerprint density at radius 3 is 2.31 bits per heavy atom. The van der Waals surface area contributed by atoms with E-state index in [-0.39, 0.29) is 0 Å². The van der Waals surface area contributed by atoms with Crippen LogP contribution in [0.5, 0.6) is 0 Å². The molecular weight excluding hydrogens is 187 g/mol. The highest BCUT2D eigenvalue weighted by Crippen LogP contribution is 2.44. The Morgan fingerprint density at radius 1 is 1.38 bits per heavy atom. The summed E-state index contributed by atoms with van der Waals surface area (Å²) in [6, 6.07) is 0. The monoisotopic (exact) mass is 204 g/mol. The number of hydrogen-bond donors (Lipinski definition) is 0. The standard InChI is InChI=1S/C9H17O3P/c1-4-13(11,5-2)8-6-7-9(10)12-3/h6-7H,4-5,8H2,1-3H3/b7-6+. The third kappa shape index (κ3) is 4.89. The highest BCUT2D eigenvalue weighted by atomic mass is 31.2. The predicted molar refractivity (Wildman–Crippen MR) is 54.7 cm³/mol. The van der Waals surface area contributed by atoms with Crippen molar-refractivity contribution in [3.63, 3.8) is 0 Å². The van der Waals surface area contributed by atoms with E-state index in [1.165, 1.54) is 13.2 Å². The smallest absolute Gasteiger partial charge is 0.330 e. The molecule has 0 bridgehead atoms. The van der Waals surface area contributed by atoms with Gasteiger partial charge in [-0.05, 0) is 12.3 Å². The molecule has 0 heterocycles. The van der Waals surface area contributed by atoms with E-state index in [0.29, 0.717) is 18.5 Å². The SMILES string of the molecule is CCP(=O)(CC)C/C=C/C(=O)OC. The first-order valence-electron chi connectivity index (χ1n) is 4.39.